The first-order chi connectivity index (χ1) is 8.13. The molecule has 0 aromatic carbocycles. The Hall–Kier alpha value is -1.81. The molecule has 0 spiro atoms. The minimum atomic E-state index is -0.830. The summed E-state index contributed by atoms with van der Waals surface area (Å²) in [7, 11) is 1.56. The van der Waals surface area contributed by atoms with Crippen molar-refractivity contribution in [2.45, 2.75) is 20.0 Å². The van der Waals surface area contributed by atoms with Crippen LogP contribution in [0.15, 0.2) is 28.8 Å². The van der Waals surface area contributed by atoms with Crippen LogP contribution in [0.3, 0.4) is 0 Å². The second-order valence-corrected chi connectivity index (χ2v) is 3.86. The maximum Gasteiger partial charge on any atom is 0.143 e. The molecule has 0 aliphatic carbocycles. The van der Waals surface area contributed by atoms with E-state index in [2.05, 4.69) is 4.98 Å². The molecule has 2 aromatic rings. The number of methoxy groups -OCH3 is 1. The molecule has 2 aromatic heterocycles. The number of rotatable bonds is 3. The van der Waals surface area contributed by atoms with Crippen molar-refractivity contribution in [3.8, 4) is 5.75 Å². The van der Waals surface area contributed by atoms with Crippen LogP contribution in [0.4, 0.5) is 0 Å². The van der Waals surface area contributed by atoms with Gasteiger partial charge in [-0.1, -0.05) is 0 Å². The highest BCUT2D eigenvalue weighted by Gasteiger charge is 2.20. The zero-order chi connectivity index (χ0) is 12.4. The molecule has 2 rings (SSSR count). The van der Waals surface area contributed by atoms with Crippen molar-refractivity contribution < 1.29 is 14.3 Å². The summed E-state index contributed by atoms with van der Waals surface area (Å²) in [6.07, 6.45) is 0.798. The fourth-order valence-corrected chi connectivity index (χ4v) is 1.85. The fourth-order valence-electron chi connectivity index (χ4n) is 1.85. The molecule has 0 aliphatic heterocycles. The first-order valence-corrected chi connectivity index (χ1v) is 5.37. The molecule has 0 fully saturated rings. The molecule has 0 radical (unpaired) electrons. The van der Waals surface area contributed by atoms with E-state index in [0.717, 1.165) is 11.3 Å². The summed E-state index contributed by atoms with van der Waals surface area (Å²) < 4.78 is 10.6. The average Bonchev–Trinajstić information content (AvgIpc) is 2.67. The van der Waals surface area contributed by atoms with Gasteiger partial charge in [0.05, 0.1) is 7.11 Å². The Morgan fingerprint density at radius 2 is 2.18 bits per heavy atom. The summed E-state index contributed by atoms with van der Waals surface area (Å²) in [5.74, 6) is 2.03. The van der Waals surface area contributed by atoms with Crippen LogP contribution in [0, 0.1) is 13.8 Å². The van der Waals surface area contributed by atoms with Crippen molar-refractivity contribution in [1.29, 1.82) is 0 Å². The molecular formula is C13H15NO3. The van der Waals surface area contributed by atoms with Crippen LogP contribution in [-0.4, -0.2) is 17.2 Å². The van der Waals surface area contributed by atoms with Gasteiger partial charge in [0.1, 0.15) is 29.1 Å². The Labute approximate surface area is 99.9 Å². The molecule has 0 aliphatic rings. The normalized spacial score (nSPS) is 12.5. The third-order valence-electron chi connectivity index (χ3n) is 2.65. The van der Waals surface area contributed by atoms with Crippen LogP contribution in [0.1, 0.15) is 28.9 Å². The van der Waals surface area contributed by atoms with Crippen LogP contribution >= 0.6 is 0 Å². The van der Waals surface area contributed by atoms with Crippen molar-refractivity contribution >= 4 is 0 Å². The molecule has 0 amide bonds. The molecule has 0 saturated carbocycles. The van der Waals surface area contributed by atoms with E-state index in [0.29, 0.717) is 17.2 Å². The predicted octanol–water partition coefficient (Wildman–Crippen LogP) is 2.38. The Bertz CT molecular complexity index is 519. The molecule has 2 heterocycles. The van der Waals surface area contributed by atoms with Gasteiger partial charge in [-0.2, -0.15) is 0 Å². The molecule has 90 valence electrons. The molecule has 0 saturated heterocycles. The van der Waals surface area contributed by atoms with Gasteiger partial charge in [0, 0.05) is 11.8 Å². The predicted molar refractivity (Wildman–Crippen MR) is 63.0 cm³/mol. The van der Waals surface area contributed by atoms with E-state index in [4.69, 9.17) is 9.15 Å². The third kappa shape index (κ3) is 2.17. The second-order valence-electron chi connectivity index (χ2n) is 3.86. The highest BCUT2D eigenvalue weighted by atomic mass is 16.5. The molecule has 0 bridgehead atoms. The molecule has 1 unspecified atom stereocenters. The van der Waals surface area contributed by atoms with Crippen molar-refractivity contribution in [1.82, 2.24) is 4.98 Å². The molecular weight excluding hydrogens is 218 g/mol. The van der Waals surface area contributed by atoms with Crippen molar-refractivity contribution in [3.05, 3.63) is 47.2 Å². The van der Waals surface area contributed by atoms with Crippen LogP contribution in [-0.2, 0) is 0 Å². The third-order valence-corrected chi connectivity index (χ3v) is 2.65. The van der Waals surface area contributed by atoms with E-state index in [9.17, 15) is 5.11 Å². The lowest BCUT2D eigenvalue weighted by atomic mass is 10.1. The smallest absolute Gasteiger partial charge is 0.143 e. The summed E-state index contributed by atoms with van der Waals surface area (Å²) in [4.78, 5) is 4.16. The number of ether oxygens (including phenoxy) is 1. The maximum absolute atomic E-state index is 10.3. The van der Waals surface area contributed by atoms with Crippen molar-refractivity contribution in [3.63, 3.8) is 0 Å². The number of hydrogen-bond acceptors (Lipinski definition) is 4. The first-order valence-electron chi connectivity index (χ1n) is 5.37. The number of aliphatic hydroxyl groups excluding tert-OH is 1. The van der Waals surface area contributed by atoms with Crippen LogP contribution in [0.25, 0.3) is 0 Å². The van der Waals surface area contributed by atoms with Crippen LogP contribution < -0.4 is 4.74 Å². The quantitative estimate of drug-likeness (QED) is 0.884. The van der Waals surface area contributed by atoms with Gasteiger partial charge < -0.3 is 14.3 Å². The largest absolute Gasteiger partial charge is 0.495 e. The zero-order valence-electron chi connectivity index (χ0n) is 10.1. The number of aromatic nitrogens is 1. The molecule has 4 heteroatoms. The topological polar surface area (TPSA) is 55.5 Å². The molecule has 4 nitrogen and oxygen atoms in total. The number of hydrogen-bond donors (Lipinski definition) is 1. The van der Waals surface area contributed by atoms with E-state index in [-0.39, 0.29) is 0 Å². The SMILES string of the molecule is COc1cccnc1C(O)c1cc(C)oc1C. The van der Waals surface area contributed by atoms with Crippen molar-refractivity contribution in [2.75, 3.05) is 7.11 Å². The lowest BCUT2D eigenvalue weighted by Gasteiger charge is -2.12. The number of aliphatic hydroxyl groups is 1. The highest BCUT2D eigenvalue weighted by Crippen LogP contribution is 2.30. The summed E-state index contributed by atoms with van der Waals surface area (Å²) >= 11 is 0. The van der Waals surface area contributed by atoms with E-state index < -0.39 is 6.10 Å². The van der Waals surface area contributed by atoms with Gasteiger partial charge in [0.15, 0.2) is 0 Å². The lowest BCUT2D eigenvalue weighted by molar-refractivity contribution is 0.207. The van der Waals surface area contributed by atoms with Gasteiger partial charge in [-0.05, 0) is 32.0 Å². The van der Waals surface area contributed by atoms with Gasteiger partial charge >= 0.3 is 0 Å². The van der Waals surface area contributed by atoms with E-state index in [1.165, 1.54) is 0 Å². The highest BCUT2D eigenvalue weighted by molar-refractivity contribution is 5.36. The number of pyridine rings is 1. The average molecular weight is 233 g/mol. The Morgan fingerprint density at radius 3 is 2.76 bits per heavy atom. The summed E-state index contributed by atoms with van der Waals surface area (Å²) in [6.45, 7) is 3.67. The van der Waals surface area contributed by atoms with Gasteiger partial charge in [0.2, 0.25) is 0 Å². The summed E-state index contributed by atoms with van der Waals surface area (Å²) in [5.41, 5.74) is 1.22. The van der Waals surface area contributed by atoms with Gasteiger partial charge in [0.25, 0.3) is 0 Å². The monoisotopic (exact) mass is 233 g/mol. The van der Waals surface area contributed by atoms with Gasteiger partial charge in [-0.25, -0.2) is 0 Å². The number of nitrogens with zero attached hydrogens (tertiary/aromatic N) is 1. The van der Waals surface area contributed by atoms with E-state index in [1.807, 2.05) is 19.9 Å². The Kier molecular flexibility index (Phi) is 3.15. The lowest BCUT2D eigenvalue weighted by Crippen LogP contribution is -2.05. The Morgan fingerprint density at radius 1 is 1.41 bits per heavy atom. The molecule has 1 N–H and O–H groups in total. The van der Waals surface area contributed by atoms with Crippen LogP contribution in [0.2, 0.25) is 0 Å². The molecule has 1 atom stereocenters. The maximum atomic E-state index is 10.3. The standard InChI is InChI=1S/C13H15NO3/c1-8-7-10(9(2)17-8)13(15)12-11(16-3)5-4-6-14-12/h4-7,13,15H,1-3H3. The number of aryl methyl sites for hydroxylation is 2. The van der Waals surface area contributed by atoms with E-state index in [1.54, 1.807) is 25.4 Å². The Balaban J connectivity index is 2.43. The second kappa shape index (κ2) is 4.59. The first kappa shape index (κ1) is 11.7. The minimum Gasteiger partial charge on any atom is -0.495 e. The number of furan rings is 1. The fraction of sp³-hybridized carbons (Fsp3) is 0.308. The zero-order valence-corrected chi connectivity index (χ0v) is 10.1. The van der Waals surface area contributed by atoms with E-state index >= 15 is 0 Å². The summed E-state index contributed by atoms with van der Waals surface area (Å²) in [5, 5.41) is 10.3. The van der Waals surface area contributed by atoms with Crippen LogP contribution in [0.5, 0.6) is 5.75 Å². The van der Waals surface area contributed by atoms with Gasteiger partial charge in [-0.3, -0.25) is 4.98 Å². The minimum absolute atomic E-state index is 0.499. The van der Waals surface area contributed by atoms with Crippen molar-refractivity contribution in [2.24, 2.45) is 0 Å². The summed E-state index contributed by atoms with van der Waals surface area (Å²) in [6, 6.07) is 5.35. The van der Waals surface area contributed by atoms with Gasteiger partial charge in [-0.15, -0.1) is 0 Å². The molecule has 17 heavy (non-hydrogen) atoms.